The predicted molar refractivity (Wildman–Crippen MR) is 99.9 cm³/mol. The summed E-state index contributed by atoms with van der Waals surface area (Å²) in [5.41, 5.74) is 0.348. The molecule has 0 spiro atoms. The smallest absolute Gasteiger partial charge is 0.414 e. The molecule has 1 aliphatic heterocycles. The van der Waals surface area contributed by atoms with Crippen molar-refractivity contribution in [2.45, 2.75) is 17.9 Å². The van der Waals surface area contributed by atoms with Crippen molar-refractivity contribution < 1.29 is 23.1 Å². The van der Waals surface area contributed by atoms with Gasteiger partial charge in [-0.1, -0.05) is 12.1 Å². The Morgan fingerprint density at radius 2 is 1.89 bits per heavy atom. The van der Waals surface area contributed by atoms with Gasteiger partial charge in [0.25, 0.3) is 0 Å². The predicted octanol–water partition coefficient (Wildman–Crippen LogP) is 3.82. The van der Waals surface area contributed by atoms with E-state index in [4.69, 9.17) is 4.74 Å². The number of thioether (sulfide) groups is 1. The maximum Gasteiger partial charge on any atom is 0.414 e. The summed E-state index contributed by atoms with van der Waals surface area (Å²) in [5.74, 6) is -1.78. The van der Waals surface area contributed by atoms with Crippen molar-refractivity contribution in [2.75, 3.05) is 24.2 Å². The first kappa shape index (κ1) is 19.2. The molecule has 0 radical (unpaired) electrons. The van der Waals surface area contributed by atoms with Gasteiger partial charge in [-0.15, -0.1) is 11.8 Å². The van der Waals surface area contributed by atoms with E-state index in [-0.39, 0.29) is 30.2 Å². The van der Waals surface area contributed by atoms with Crippen LogP contribution in [-0.2, 0) is 9.53 Å². The number of rotatable bonds is 5. The van der Waals surface area contributed by atoms with Gasteiger partial charge in [0, 0.05) is 11.8 Å². The van der Waals surface area contributed by atoms with Crippen LogP contribution >= 0.6 is 11.8 Å². The maximum atomic E-state index is 14.6. The Morgan fingerprint density at radius 1 is 1.26 bits per heavy atom. The van der Waals surface area contributed by atoms with E-state index in [1.807, 2.05) is 6.26 Å². The number of amides is 2. The van der Waals surface area contributed by atoms with E-state index in [9.17, 15) is 18.4 Å². The van der Waals surface area contributed by atoms with Gasteiger partial charge < -0.3 is 10.1 Å². The van der Waals surface area contributed by atoms with Crippen LogP contribution in [0.2, 0.25) is 0 Å². The Labute approximate surface area is 159 Å². The zero-order chi connectivity index (χ0) is 19.6. The lowest BCUT2D eigenvalue weighted by atomic mass is 10.0. The second-order valence-electron chi connectivity index (χ2n) is 6.07. The summed E-state index contributed by atoms with van der Waals surface area (Å²) in [6.45, 7) is 1.59. The Bertz CT molecular complexity index is 851. The van der Waals surface area contributed by atoms with Gasteiger partial charge in [-0.3, -0.25) is 9.69 Å². The standard InChI is InChI=1S/C19H18F2N2O3S/c1-11(24)22-9-14-10-23(19(25)26-14)13-7-16(20)18(17(21)8-13)12-3-5-15(27-2)6-4-12/h3-8,14H,9-10H2,1-2H3,(H,22,24)/t14-/m0/s1. The summed E-state index contributed by atoms with van der Waals surface area (Å²) >= 11 is 1.53. The SMILES string of the molecule is CSc1ccc(-c2c(F)cc(N3C[C@H](CNC(C)=O)OC3=O)cc2F)cc1. The number of hydrogen-bond acceptors (Lipinski definition) is 4. The van der Waals surface area contributed by atoms with Crippen LogP contribution in [0.4, 0.5) is 19.3 Å². The minimum Gasteiger partial charge on any atom is -0.442 e. The Balaban J connectivity index is 1.84. The zero-order valence-corrected chi connectivity index (χ0v) is 15.6. The number of carbonyl (C=O) groups excluding carboxylic acids is 2. The number of ether oxygens (including phenoxy) is 1. The average molecular weight is 392 g/mol. The third-order valence-corrected chi connectivity index (χ3v) is 4.91. The van der Waals surface area contributed by atoms with Gasteiger partial charge in [0.15, 0.2) is 0 Å². The molecule has 0 bridgehead atoms. The molecule has 1 heterocycles. The van der Waals surface area contributed by atoms with Crippen LogP contribution in [0.1, 0.15) is 6.92 Å². The minimum atomic E-state index is -0.764. The fourth-order valence-electron chi connectivity index (χ4n) is 2.85. The normalized spacial score (nSPS) is 16.4. The van der Waals surface area contributed by atoms with Gasteiger partial charge in [0.1, 0.15) is 17.7 Å². The van der Waals surface area contributed by atoms with Crippen LogP contribution in [0.15, 0.2) is 41.3 Å². The summed E-state index contributed by atoms with van der Waals surface area (Å²) in [6.07, 6.45) is 0.631. The molecule has 1 atom stereocenters. The lowest BCUT2D eigenvalue weighted by Gasteiger charge is -2.15. The van der Waals surface area contributed by atoms with Crippen molar-refractivity contribution in [3.8, 4) is 11.1 Å². The zero-order valence-electron chi connectivity index (χ0n) is 14.8. The maximum absolute atomic E-state index is 14.6. The first-order valence-corrected chi connectivity index (χ1v) is 9.47. The minimum absolute atomic E-state index is 0.0739. The molecular weight excluding hydrogens is 374 g/mol. The molecule has 27 heavy (non-hydrogen) atoms. The Hall–Kier alpha value is -2.61. The second-order valence-corrected chi connectivity index (χ2v) is 6.95. The van der Waals surface area contributed by atoms with Gasteiger partial charge >= 0.3 is 6.09 Å². The summed E-state index contributed by atoms with van der Waals surface area (Å²) < 4.78 is 34.4. The Kier molecular flexibility index (Phi) is 5.65. The molecule has 5 nitrogen and oxygen atoms in total. The molecule has 0 aliphatic carbocycles. The van der Waals surface area contributed by atoms with Gasteiger partial charge in [-0.05, 0) is 36.1 Å². The van der Waals surface area contributed by atoms with E-state index >= 15 is 0 Å². The highest BCUT2D eigenvalue weighted by Crippen LogP contribution is 2.32. The van der Waals surface area contributed by atoms with E-state index in [0.717, 1.165) is 21.9 Å². The Morgan fingerprint density at radius 3 is 2.44 bits per heavy atom. The molecule has 142 valence electrons. The molecule has 1 aliphatic rings. The summed E-state index contributed by atoms with van der Waals surface area (Å²) in [6, 6.07) is 9.11. The van der Waals surface area contributed by atoms with E-state index < -0.39 is 23.8 Å². The number of carbonyl (C=O) groups is 2. The van der Waals surface area contributed by atoms with Crippen LogP contribution in [-0.4, -0.2) is 37.4 Å². The summed E-state index contributed by atoms with van der Waals surface area (Å²) in [4.78, 5) is 25.1. The first-order valence-electron chi connectivity index (χ1n) is 8.25. The molecule has 2 aromatic carbocycles. The molecule has 1 fully saturated rings. The van der Waals surface area contributed by atoms with Crippen molar-refractivity contribution in [2.24, 2.45) is 0 Å². The largest absolute Gasteiger partial charge is 0.442 e. The first-order chi connectivity index (χ1) is 12.9. The monoisotopic (exact) mass is 392 g/mol. The molecule has 0 aromatic heterocycles. The lowest BCUT2D eigenvalue weighted by molar-refractivity contribution is -0.119. The van der Waals surface area contributed by atoms with Crippen LogP contribution in [0.3, 0.4) is 0 Å². The molecule has 0 saturated carbocycles. The van der Waals surface area contributed by atoms with Crippen molar-refractivity contribution in [3.05, 3.63) is 48.0 Å². The molecule has 0 unspecified atom stereocenters. The highest BCUT2D eigenvalue weighted by atomic mass is 32.2. The van der Waals surface area contributed by atoms with Crippen molar-refractivity contribution in [1.82, 2.24) is 5.32 Å². The number of nitrogens with one attached hydrogen (secondary N) is 1. The highest BCUT2D eigenvalue weighted by Gasteiger charge is 2.33. The van der Waals surface area contributed by atoms with Gasteiger partial charge in [0.2, 0.25) is 5.91 Å². The van der Waals surface area contributed by atoms with Gasteiger partial charge in [-0.25, -0.2) is 13.6 Å². The lowest BCUT2D eigenvalue weighted by Crippen LogP contribution is -2.33. The fourth-order valence-corrected chi connectivity index (χ4v) is 3.25. The molecule has 3 rings (SSSR count). The number of halogens is 2. The second kappa shape index (κ2) is 7.96. The number of nitrogens with zero attached hydrogens (tertiary/aromatic N) is 1. The van der Waals surface area contributed by atoms with Crippen molar-refractivity contribution in [3.63, 3.8) is 0 Å². The number of hydrogen-bond donors (Lipinski definition) is 1. The van der Waals surface area contributed by atoms with Crippen LogP contribution in [0.5, 0.6) is 0 Å². The molecule has 1 saturated heterocycles. The molecule has 8 heteroatoms. The fraction of sp³-hybridized carbons (Fsp3) is 0.263. The van der Waals surface area contributed by atoms with Gasteiger partial charge in [-0.2, -0.15) is 0 Å². The number of anilines is 1. The van der Waals surface area contributed by atoms with Gasteiger partial charge in [0.05, 0.1) is 24.3 Å². The summed E-state index contributed by atoms with van der Waals surface area (Å²) in [5, 5.41) is 2.55. The number of cyclic esters (lactones) is 1. The third-order valence-electron chi connectivity index (χ3n) is 4.17. The number of benzene rings is 2. The van der Waals surface area contributed by atoms with E-state index in [2.05, 4.69) is 5.32 Å². The van der Waals surface area contributed by atoms with E-state index in [1.165, 1.54) is 18.7 Å². The van der Waals surface area contributed by atoms with E-state index in [0.29, 0.717) is 5.56 Å². The molecular formula is C19H18F2N2O3S. The van der Waals surface area contributed by atoms with Crippen LogP contribution in [0, 0.1) is 11.6 Å². The third kappa shape index (κ3) is 4.21. The topological polar surface area (TPSA) is 58.6 Å². The molecule has 2 amide bonds. The quantitative estimate of drug-likeness (QED) is 0.786. The van der Waals surface area contributed by atoms with E-state index in [1.54, 1.807) is 24.3 Å². The van der Waals surface area contributed by atoms with Crippen LogP contribution < -0.4 is 10.2 Å². The highest BCUT2D eigenvalue weighted by molar-refractivity contribution is 7.98. The molecule has 1 N–H and O–H groups in total. The molecule has 2 aromatic rings. The van der Waals surface area contributed by atoms with Crippen molar-refractivity contribution in [1.29, 1.82) is 0 Å². The van der Waals surface area contributed by atoms with Crippen molar-refractivity contribution >= 4 is 29.4 Å². The van der Waals surface area contributed by atoms with Crippen LogP contribution in [0.25, 0.3) is 11.1 Å². The average Bonchev–Trinajstić information content (AvgIpc) is 3.00. The summed E-state index contributed by atoms with van der Waals surface area (Å²) in [7, 11) is 0.